The summed E-state index contributed by atoms with van der Waals surface area (Å²) in [4.78, 5) is 0. The highest BCUT2D eigenvalue weighted by molar-refractivity contribution is 5.85. The minimum atomic E-state index is 0.304. The van der Waals surface area contributed by atoms with Crippen LogP contribution in [-0.2, 0) is 7.05 Å². The maximum atomic E-state index is 9.51. The van der Waals surface area contributed by atoms with E-state index in [-0.39, 0.29) is 0 Å². The van der Waals surface area contributed by atoms with E-state index in [0.29, 0.717) is 5.75 Å². The Kier molecular flexibility index (Phi) is 1.33. The molecule has 0 aliphatic heterocycles. The number of fused-ring (bicyclic) bond motifs is 1. The molecule has 3 nitrogen and oxygen atoms in total. The summed E-state index contributed by atoms with van der Waals surface area (Å²) in [5.41, 5.74) is 2.01. The first kappa shape index (κ1) is 7.16. The van der Waals surface area contributed by atoms with Gasteiger partial charge in [0, 0.05) is 7.05 Å². The van der Waals surface area contributed by atoms with E-state index in [9.17, 15) is 5.11 Å². The smallest absolute Gasteiger partial charge is 0.126 e. The number of benzene rings is 1. The molecular weight excluding hydrogens is 152 g/mol. The number of aromatic nitrogens is 2. The van der Waals surface area contributed by atoms with Crippen LogP contribution in [0.5, 0.6) is 5.75 Å². The molecule has 2 rings (SSSR count). The van der Waals surface area contributed by atoms with Crippen molar-refractivity contribution in [2.24, 2.45) is 7.05 Å². The number of rotatable bonds is 0. The minimum absolute atomic E-state index is 0.304. The number of hydrogen-bond acceptors (Lipinski definition) is 2. The Balaban J connectivity index is 2.92. The van der Waals surface area contributed by atoms with Crippen molar-refractivity contribution in [2.45, 2.75) is 6.92 Å². The van der Waals surface area contributed by atoms with E-state index in [0.717, 1.165) is 16.5 Å². The summed E-state index contributed by atoms with van der Waals surface area (Å²) in [6.07, 6.45) is 1.67. The Bertz CT molecular complexity index is 431. The fourth-order valence-corrected chi connectivity index (χ4v) is 1.37. The van der Waals surface area contributed by atoms with Crippen LogP contribution in [0.3, 0.4) is 0 Å². The van der Waals surface area contributed by atoms with Gasteiger partial charge < -0.3 is 5.11 Å². The molecule has 0 saturated heterocycles. The third-order valence-corrected chi connectivity index (χ3v) is 1.99. The number of aromatic hydroxyl groups is 1. The number of phenolic OH excluding ortho intramolecular Hbond substituents is 1. The molecule has 1 N–H and O–H groups in total. The van der Waals surface area contributed by atoms with Crippen LogP contribution in [0, 0.1) is 6.92 Å². The quantitative estimate of drug-likeness (QED) is 0.638. The molecule has 12 heavy (non-hydrogen) atoms. The van der Waals surface area contributed by atoms with Gasteiger partial charge in [-0.25, -0.2) is 0 Å². The molecule has 0 saturated carbocycles. The third-order valence-electron chi connectivity index (χ3n) is 1.99. The van der Waals surface area contributed by atoms with Gasteiger partial charge in [0.05, 0.1) is 17.1 Å². The molecule has 0 aliphatic rings. The molecule has 1 aromatic carbocycles. The summed E-state index contributed by atoms with van der Waals surface area (Å²) < 4.78 is 1.75. The van der Waals surface area contributed by atoms with Gasteiger partial charge in [-0.3, -0.25) is 4.68 Å². The van der Waals surface area contributed by atoms with E-state index >= 15 is 0 Å². The molecule has 0 fully saturated rings. The predicted molar refractivity (Wildman–Crippen MR) is 47.1 cm³/mol. The Morgan fingerprint density at radius 1 is 1.42 bits per heavy atom. The average molecular weight is 162 g/mol. The summed E-state index contributed by atoms with van der Waals surface area (Å²) in [6.45, 7) is 1.95. The lowest BCUT2D eigenvalue weighted by Gasteiger charge is -1.98. The van der Waals surface area contributed by atoms with Crippen LogP contribution in [0.15, 0.2) is 18.3 Å². The minimum Gasteiger partial charge on any atom is -0.507 e. The maximum absolute atomic E-state index is 9.51. The fraction of sp³-hybridized carbons (Fsp3) is 0.222. The van der Waals surface area contributed by atoms with Crippen LogP contribution in [0.4, 0.5) is 0 Å². The summed E-state index contributed by atoms with van der Waals surface area (Å²) in [5.74, 6) is 0.304. The highest BCUT2D eigenvalue weighted by atomic mass is 16.3. The third kappa shape index (κ3) is 0.863. The lowest BCUT2D eigenvalue weighted by atomic mass is 10.2. The fourth-order valence-electron chi connectivity index (χ4n) is 1.37. The van der Waals surface area contributed by atoms with Gasteiger partial charge in [0.25, 0.3) is 0 Å². The molecule has 0 unspecified atom stereocenters. The van der Waals surface area contributed by atoms with Crippen molar-refractivity contribution in [3.05, 3.63) is 23.9 Å². The van der Waals surface area contributed by atoms with Crippen LogP contribution in [-0.4, -0.2) is 14.9 Å². The van der Waals surface area contributed by atoms with E-state index in [4.69, 9.17) is 0 Å². The molecule has 0 bridgehead atoms. The molecule has 1 aromatic heterocycles. The number of phenols is 1. The van der Waals surface area contributed by atoms with Crippen LogP contribution in [0.25, 0.3) is 10.9 Å². The molecule has 2 aromatic rings. The molecule has 0 spiro atoms. The lowest BCUT2D eigenvalue weighted by molar-refractivity contribution is 0.481. The van der Waals surface area contributed by atoms with Gasteiger partial charge >= 0.3 is 0 Å². The molecule has 62 valence electrons. The topological polar surface area (TPSA) is 38.1 Å². The average Bonchev–Trinajstić information content (AvgIpc) is 2.33. The molecule has 0 radical (unpaired) electrons. The van der Waals surface area contributed by atoms with Crippen molar-refractivity contribution in [3.8, 4) is 5.75 Å². The molecular formula is C9H10N2O. The number of aryl methyl sites for hydroxylation is 2. The molecule has 3 heteroatoms. The Morgan fingerprint density at radius 3 is 2.92 bits per heavy atom. The van der Waals surface area contributed by atoms with Gasteiger partial charge in [-0.15, -0.1) is 0 Å². The van der Waals surface area contributed by atoms with Gasteiger partial charge in [0.2, 0.25) is 0 Å². The Labute approximate surface area is 70.2 Å². The van der Waals surface area contributed by atoms with E-state index in [1.807, 2.05) is 20.0 Å². The predicted octanol–water partition coefficient (Wildman–Crippen LogP) is 1.59. The van der Waals surface area contributed by atoms with Crippen LogP contribution in [0.1, 0.15) is 5.56 Å². The molecule has 1 heterocycles. The van der Waals surface area contributed by atoms with E-state index in [1.165, 1.54) is 0 Å². The first-order valence-electron chi connectivity index (χ1n) is 3.80. The SMILES string of the molecule is Cc1cc(O)c2cnn(C)c2c1. The van der Waals surface area contributed by atoms with E-state index in [2.05, 4.69) is 5.10 Å². The standard InChI is InChI=1S/C9H10N2O/c1-6-3-8-7(9(12)4-6)5-10-11(8)2/h3-5,12H,1-2H3. The highest BCUT2D eigenvalue weighted by Crippen LogP contribution is 2.25. The molecule has 0 atom stereocenters. The van der Waals surface area contributed by atoms with Gasteiger partial charge in [-0.1, -0.05) is 0 Å². The van der Waals surface area contributed by atoms with Crippen molar-refractivity contribution < 1.29 is 5.11 Å². The van der Waals surface area contributed by atoms with Gasteiger partial charge in [-0.05, 0) is 24.6 Å². The Morgan fingerprint density at radius 2 is 2.17 bits per heavy atom. The maximum Gasteiger partial charge on any atom is 0.126 e. The van der Waals surface area contributed by atoms with Crippen molar-refractivity contribution >= 4 is 10.9 Å². The van der Waals surface area contributed by atoms with Gasteiger partial charge in [-0.2, -0.15) is 5.10 Å². The molecule has 0 amide bonds. The van der Waals surface area contributed by atoms with Crippen LogP contribution < -0.4 is 0 Å². The van der Waals surface area contributed by atoms with Gasteiger partial charge in [0.15, 0.2) is 0 Å². The van der Waals surface area contributed by atoms with Crippen molar-refractivity contribution in [3.63, 3.8) is 0 Å². The molecule has 0 aliphatic carbocycles. The number of nitrogens with zero attached hydrogens (tertiary/aromatic N) is 2. The summed E-state index contributed by atoms with van der Waals surface area (Å²) >= 11 is 0. The largest absolute Gasteiger partial charge is 0.507 e. The number of hydrogen-bond donors (Lipinski definition) is 1. The van der Waals surface area contributed by atoms with E-state index < -0.39 is 0 Å². The van der Waals surface area contributed by atoms with Crippen molar-refractivity contribution in [2.75, 3.05) is 0 Å². The van der Waals surface area contributed by atoms with Gasteiger partial charge in [0.1, 0.15) is 5.75 Å². The second-order valence-corrected chi connectivity index (χ2v) is 2.99. The van der Waals surface area contributed by atoms with Crippen molar-refractivity contribution in [1.29, 1.82) is 0 Å². The summed E-state index contributed by atoms with van der Waals surface area (Å²) in [5, 5.41) is 14.4. The van der Waals surface area contributed by atoms with Crippen LogP contribution >= 0.6 is 0 Å². The highest BCUT2D eigenvalue weighted by Gasteiger charge is 2.04. The first-order valence-corrected chi connectivity index (χ1v) is 3.80. The lowest BCUT2D eigenvalue weighted by Crippen LogP contribution is -1.88. The second-order valence-electron chi connectivity index (χ2n) is 2.99. The van der Waals surface area contributed by atoms with Crippen molar-refractivity contribution in [1.82, 2.24) is 9.78 Å². The second kappa shape index (κ2) is 2.24. The zero-order valence-corrected chi connectivity index (χ0v) is 7.07. The Hall–Kier alpha value is -1.51. The monoisotopic (exact) mass is 162 g/mol. The van der Waals surface area contributed by atoms with E-state index in [1.54, 1.807) is 16.9 Å². The first-order chi connectivity index (χ1) is 5.68. The summed E-state index contributed by atoms with van der Waals surface area (Å²) in [6, 6.07) is 3.74. The van der Waals surface area contributed by atoms with Crippen LogP contribution in [0.2, 0.25) is 0 Å². The zero-order chi connectivity index (χ0) is 8.72. The normalized spacial score (nSPS) is 10.8. The zero-order valence-electron chi connectivity index (χ0n) is 7.07. The summed E-state index contributed by atoms with van der Waals surface area (Å²) in [7, 11) is 1.86.